The average Bonchev–Trinajstić information content (AvgIpc) is 2.44. The zero-order valence-electron chi connectivity index (χ0n) is 7.13. The first-order valence-corrected chi connectivity index (χ1v) is 3.34. The zero-order chi connectivity index (χ0) is 8.55. The average molecular weight is 149 g/mol. The summed E-state index contributed by atoms with van der Waals surface area (Å²) in [5, 5.41) is 0.852. The van der Waals surface area contributed by atoms with Crippen molar-refractivity contribution in [2.75, 3.05) is 7.11 Å². The van der Waals surface area contributed by atoms with Crippen LogP contribution in [0.5, 0.6) is 5.75 Å². The lowest BCUT2D eigenvalue weighted by Crippen LogP contribution is -1.81. The number of hydrogen-bond donors (Lipinski definition) is 0. The molecule has 0 bridgehead atoms. The summed E-state index contributed by atoms with van der Waals surface area (Å²) >= 11 is 0. The highest BCUT2D eigenvalue weighted by Gasteiger charge is 2.00. The molecular formula is C9H8O2. The Labute approximate surface area is 65.8 Å². The van der Waals surface area contributed by atoms with E-state index in [1.165, 1.54) is 0 Å². The highest BCUT2D eigenvalue weighted by Crippen LogP contribution is 2.25. The van der Waals surface area contributed by atoms with Crippen LogP contribution in [0.2, 0.25) is 0 Å². The van der Waals surface area contributed by atoms with Crippen LogP contribution >= 0.6 is 0 Å². The van der Waals surface area contributed by atoms with E-state index in [1.54, 1.807) is 13.2 Å². The summed E-state index contributed by atoms with van der Waals surface area (Å²) in [4.78, 5) is 0. The molecule has 1 aromatic heterocycles. The molecule has 0 aliphatic rings. The Balaban J connectivity index is 2.78. The van der Waals surface area contributed by atoms with E-state index in [0.29, 0.717) is 5.58 Å². The fourth-order valence-electron chi connectivity index (χ4n) is 1.09. The van der Waals surface area contributed by atoms with Gasteiger partial charge in [0.05, 0.1) is 18.7 Å². The third kappa shape index (κ3) is 0.871. The topological polar surface area (TPSA) is 22.4 Å². The summed E-state index contributed by atoms with van der Waals surface area (Å²) in [6, 6.07) is 7.14. The number of ether oxygens (including phenoxy) is 1. The van der Waals surface area contributed by atoms with E-state index in [1.807, 2.05) is 18.2 Å². The van der Waals surface area contributed by atoms with Crippen LogP contribution in [0.4, 0.5) is 0 Å². The summed E-state index contributed by atoms with van der Waals surface area (Å²) < 4.78 is 17.5. The summed E-state index contributed by atoms with van der Waals surface area (Å²) in [5.41, 5.74) is 0.694. The van der Waals surface area contributed by atoms with Gasteiger partial charge >= 0.3 is 0 Å². The monoisotopic (exact) mass is 149 g/mol. The molecule has 0 radical (unpaired) electrons. The van der Waals surface area contributed by atoms with Crippen LogP contribution in [0.15, 0.2) is 34.9 Å². The Morgan fingerprint density at radius 3 is 3.18 bits per heavy atom. The van der Waals surface area contributed by atoms with E-state index in [9.17, 15) is 0 Å². The normalized spacial score (nSPS) is 11.5. The SMILES string of the molecule is [2H]c1cc2c(OC)cccc2o1. The molecule has 2 nitrogen and oxygen atoms in total. The Hall–Kier alpha value is -1.44. The summed E-state index contributed by atoms with van der Waals surface area (Å²) in [6.45, 7) is 0. The van der Waals surface area contributed by atoms with Crippen LogP contribution in [0.3, 0.4) is 0 Å². The molecule has 0 fully saturated rings. The van der Waals surface area contributed by atoms with Crippen molar-refractivity contribution in [1.29, 1.82) is 0 Å². The highest BCUT2D eigenvalue weighted by atomic mass is 16.5. The van der Waals surface area contributed by atoms with Crippen molar-refractivity contribution < 1.29 is 10.5 Å². The maximum atomic E-state index is 7.27. The van der Waals surface area contributed by atoms with Crippen LogP contribution in [-0.2, 0) is 0 Å². The lowest BCUT2D eigenvalue weighted by molar-refractivity contribution is 0.419. The number of furan rings is 1. The van der Waals surface area contributed by atoms with Crippen molar-refractivity contribution in [3.63, 3.8) is 0 Å². The quantitative estimate of drug-likeness (QED) is 0.621. The van der Waals surface area contributed by atoms with E-state index < -0.39 is 0 Å². The van der Waals surface area contributed by atoms with Crippen molar-refractivity contribution in [3.05, 3.63) is 30.5 Å². The Bertz CT molecular complexity index is 406. The fraction of sp³-hybridized carbons (Fsp3) is 0.111. The summed E-state index contributed by atoms with van der Waals surface area (Å²) in [7, 11) is 1.60. The van der Waals surface area contributed by atoms with Gasteiger partial charge in [-0.1, -0.05) is 6.07 Å². The van der Waals surface area contributed by atoms with Gasteiger partial charge in [0.1, 0.15) is 12.7 Å². The van der Waals surface area contributed by atoms with Crippen LogP contribution in [0, 0.1) is 0 Å². The predicted molar refractivity (Wildman–Crippen MR) is 42.8 cm³/mol. The molecule has 56 valence electrons. The maximum absolute atomic E-state index is 7.27. The van der Waals surface area contributed by atoms with Crippen molar-refractivity contribution in [2.24, 2.45) is 0 Å². The molecule has 0 N–H and O–H groups in total. The predicted octanol–water partition coefficient (Wildman–Crippen LogP) is 2.44. The first-order valence-electron chi connectivity index (χ1n) is 3.84. The number of fused-ring (bicyclic) bond motifs is 1. The van der Waals surface area contributed by atoms with Gasteiger partial charge in [-0.2, -0.15) is 0 Å². The molecule has 2 rings (SSSR count). The third-order valence-electron chi connectivity index (χ3n) is 1.62. The Kier molecular flexibility index (Phi) is 1.10. The fourth-order valence-corrected chi connectivity index (χ4v) is 1.09. The first-order chi connectivity index (χ1) is 5.81. The molecule has 0 unspecified atom stereocenters. The number of methoxy groups -OCH3 is 1. The third-order valence-corrected chi connectivity index (χ3v) is 1.62. The van der Waals surface area contributed by atoms with E-state index in [0.717, 1.165) is 11.1 Å². The van der Waals surface area contributed by atoms with E-state index >= 15 is 0 Å². The molecule has 1 aromatic carbocycles. The van der Waals surface area contributed by atoms with Gasteiger partial charge < -0.3 is 9.15 Å². The van der Waals surface area contributed by atoms with Crippen molar-refractivity contribution >= 4 is 11.0 Å². The highest BCUT2D eigenvalue weighted by molar-refractivity contribution is 5.83. The van der Waals surface area contributed by atoms with Gasteiger partial charge in [-0.15, -0.1) is 0 Å². The molecule has 0 aliphatic carbocycles. The maximum Gasteiger partial charge on any atom is 0.137 e. The van der Waals surface area contributed by atoms with Gasteiger partial charge in [-0.3, -0.25) is 0 Å². The molecule has 2 aromatic rings. The second kappa shape index (κ2) is 2.31. The van der Waals surface area contributed by atoms with Gasteiger partial charge in [-0.25, -0.2) is 0 Å². The Morgan fingerprint density at radius 2 is 2.36 bits per heavy atom. The Morgan fingerprint density at radius 1 is 1.45 bits per heavy atom. The van der Waals surface area contributed by atoms with Crippen molar-refractivity contribution in [3.8, 4) is 5.75 Å². The van der Waals surface area contributed by atoms with E-state index in [2.05, 4.69) is 0 Å². The second-order valence-corrected chi connectivity index (χ2v) is 2.24. The minimum Gasteiger partial charge on any atom is -0.496 e. The molecule has 11 heavy (non-hydrogen) atoms. The van der Waals surface area contributed by atoms with Crippen LogP contribution in [-0.4, -0.2) is 7.11 Å². The lowest BCUT2D eigenvalue weighted by atomic mass is 10.2. The molecule has 0 atom stereocenters. The minimum absolute atomic E-state index is 0.162. The lowest BCUT2D eigenvalue weighted by Gasteiger charge is -1.98. The van der Waals surface area contributed by atoms with Crippen molar-refractivity contribution in [2.45, 2.75) is 0 Å². The van der Waals surface area contributed by atoms with Crippen LogP contribution in [0.25, 0.3) is 11.0 Å². The smallest absolute Gasteiger partial charge is 0.137 e. The van der Waals surface area contributed by atoms with Gasteiger partial charge in [0, 0.05) is 0 Å². The molecule has 2 heteroatoms. The number of rotatable bonds is 1. The molecule has 0 spiro atoms. The number of benzene rings is 1. The number of hydrogen-bond acceptors (Lipinski definition) is 2. The largest absolute Gasteiger partial charge is 0.496 e. The van der Waals surface area contributed by atoms with Crippen LogP contribution < -0.4 is 4.74 Å². The van der Waals surface area contributed by atoms with Crippen molar-refractivity contribution in [1.82, 2.24) is 0 Å². The minimum atomic E-state index is 0.162. The van der Waals surface area contributed by atoms with Gasteiger partial charge in [0.15, 0.2) is 0 Å². The summed E-state index contributed by atoms with van der Waals surface area (Å²) in [5.74, 6) is 0.745. The molecule has 0 aliphatic heterocycles. The molecule has 0 saturated heterocycles. The standard InChI is InChI=1S/C9H8O2/c1-10-8-3-2-4-9-7(8)5-6-11-9/h2-6H,1H3/i6D. The zero-order valence-corrected chi connectivity index (χ0v) is 6.13. The van der Waals surface area contributed by atoms with Gasteiger partial charge in [0.25, 0.3) is 0 Å². The molecule has 1 heterocycles. The van der Waals surface area contributed by atoms with Crippen LogP contribution in [0.1, 0.15) is 1.37 Å². The van der Waals surface area contributed by atoms with Gasteiger partial charge in [-0.05, 0) is 18.2 Å². The second-order valence-electron chi connectivity index (χ2n) is 2.24. The van der Waals surface area contributed by atoms with E-state index in [-0.39, 0.29) is 6.24 Å². The van der Waals surface area contributed by atoms with Gasteiger partial charge in [0.2, 0.25) is 0 Å². The molecule has 0 saturated carbocycles. The molecule has 0 amide bonds. The summed E-state index contributed by atoms with van der Waals surface area (Å²) in [6.07, 6.45) is 0.162. The first kappa shape index (κ1) is 5.24. The molecular weight excluding hydrogens is 140 g/mol. The van der Waals surface area contributed by atoms with E-state index in [4.69, 9.17) is 10.5 Å².